The minimum Gasteiger partial charge on any atom is -0.497 e. The van der Waals surface area contributed by atoms with Crippen molar-refractivity contribution in [2.24, 2.45) is 5.92 Å². The number of rotatable bonds is 8. The third kappa shape index (κ3) is 5.63. The minimum atomic E-state index is -0.184. The van der Waals surface area contributed by atoms with Gasteiger partial charge in [-0.25, -0.2) is 4.98 Å². The van der Waals surface area contributed by atoms with Crippen molar-refractivity contribution >= 4 is 11.6 Å². The van der Waals surface area contributed by atoms with Gasteiger partial charge in [0.1, 0.15) is 17.1 Å². The molecular weight excluding hydrogens is 462 g/mol. The second-order valence-electron chi connectivity index (χ2n) is 10.0. The number of hydrogen-bond acceptors (Lipinski definition) is 4. The van der Waals surface area contributed by atoms with Crippen molar-refractivity contribution in [2.45, 2.75) is 38.5 Å². The zero-order chi connectivity index (χ0) is 25.8. The van der Waals surface area contributed by atoms with E-state index in [1.807, 2.05) is 35.5 Å². The summed E-state index contributed by atoms with van der Waals surface area (Å²) < 4.78 is 13.2. The molecule has 0 N–H and O–H groups in total. The summed E-state index contributed by atoms with van der Waals surface area (Å²) in [5.74, 6) is 2.02. The van der Waals surface area contributed by atoms with Crippen molar-refractivity contribution in [1.82, 2.24) is 14.3 Å². The van der Waals surface area contributed by atoms with Crippen LogP contribution < -0.4 is 9.47 Å². The second kappa shape index (κ2) is 11.1. The number of imidazole rings is 1. The number of amides is 1. The lowest BCUT2D eigenvalue weighted by Crippen LogP contribution is -2.39. The van der Waals surface area contributed by atoms with Crippen molar-refractivity contribution in [3.05, 3.63) is 95.4 Å². The summed E-state index contributed by atoms with van der Waals surface area (Å²) in [6.07, 6.45) is 7.44. The molecule has 5 rings (SSSR count). The molecule has 1 aliphatic rings. The summed E-state index contributed by atoms with van der Waals surface area (Å²) >= 11 is 0. The van der Waals surface area contributed by atoms with Gasteiger partial charge in [-0.05, 0) is 73.1 Å². The number of benzene rings is 2. The molecule has 1 fully saturated rings. The summed E-state index contributed by atoms with van der Waals surface area (Å²) in [5.41, 5.74) is 5.37. The van der Waals surface area contributed by atoms with Gasteiger partial charge >= 0.3 is 0 Å². The van der Waals surface area contributed by atoms with Crippen molar-refractivity contribution in [3.63, 3.8) is 0 Å². The lowest BCUT2D eigenvalue weighted by molar-refractivity contribution is -0.132. The van der Waals surface area contributed by atoms with E-state index in [1.54, 1.807) is 14.2 Å². The van der Waals surface area contributed by atoms with Crippen LogP contribution in [0.15, 0.2) is 73.1 Å². The molecule has 4 aromatic rings. The Morgan fingerprint density at radius 2 is 1.70 bits per heavy atom. The lowest BCUT2D eigenvalue weighted by atomic mass is 9.88. The first kappa shape index (κ1) is 24.9. The summed E-state index contributed by atoms with van der Waals surface area (Å²) in [6, 6.07) is 20.6. The molecule has 192 valence electrons. The molecule has 1 amide bonds. The van der Waals surface area contributed by atoms with E-state index in [0.29, 0.717) is 23.8 Å². The average molecular weight is 498 g/mol. The number of piperidine rings is 1. The molecule has 0 spiro atoms. The second-order valence-corrected chi connectivity index (χ2v) is 10.0. The van der Waals surface area contributed by atoms with Crippen LogP contribution in [0.3, 0.4) is 0 Å². The van der Waals surface area contributed by atoms with Crippen molar-refractivity contribution in [2.75, 3.05) is 27.3 Å². The van der Waals surface area contributed by atoms with Gasteiger partial charge in [0, 0.05) is 43.9 Å². The number of aryl methyl sites for hydroxylation is 1. The highest BCUT2D eigenvalue weighted by molar-refractivity contribution is 5.78. The van der Waals surface area contributed by atoms with E-state index in [0.717, 1.165) is 54.8 Å². The molecule has 0 radical (unpaired) electrons. The Hall–Kier alpha value is -3.80. The number of likely N-dealkylation sites (tertiary alicyclic amines) is 1. The number of aromatic nitrogens is 2. The van der Waals surface area contributed by atoms with Gasteiger partial charge in [0.05, 0.1) is 19.9 Å². The molecule has 1 unspecified atom stereocenters. The van der Waals surface area contributed by atoms with E-state index in [-0.39, 0.29) is 11.8 Å². The van der Waals surface area contributed by atoms with Crippen LogP contribution in [-0.4, -0.2) is 47.5 Å². The largest absolute Gasteiger partial charge is 0.497 e. The highest BCUT2D eigenvalue weighted by Crippen LogP contribution is 2.35. The highest BCUT2D eigenvalue weighted by atomic mass is 16.5. The molecule has 1 aliphatic heterocycles. The number of nitrogens with zero attached hydrogens (tertiary/aromatic N) is 3. The highest BCUT2D eigenvalue weighted by Gasteiger charge is 2.28. The van der Waals surface area contributed by atoms with Crippen molar-refractivity contribution in [1.29, 1.82) is 0 Å². The van der Waals surface area contributed by atoms with Crippen LogP contribution in [0.1, 0.15) is 47.6 Å². The predicted octanol–water partition coefficient (Wildman–Crippen LogP) is 5.66. The number of carbonyl (C=O) groups excluding carboxylic acids is 1. The number of methoxy groups -OCH3 is 2. The van der Waals surface area contributed by atoms with Gasteiger partial charge in [-0.1, -0.05) is 30.3 Å². The van der Waals surface area contributed by atoms with Gasteiger partial charge < -0.3 is 18.8 Å². The molecule has 6 nitrogen and oxygen atoms in total. The molecule has 0 saturated carbocycles. The van der Waals surface area contributed by atoms with E-state index in [9.17, 15) is 4.79 Å². The zero-order valence-electron chi connectivity index (χ0n) is 21.9. The van der Waals surface area contributed by atoms with Crippen LogP contribution in [0.5, 0.6) is 11.5 Å². The third-order valence-corrected chi connectivity index (χ3v) is 7.54. The van der Waals surface area contributed by atoms with Crippen LogP contribution >= 0.6 is 0 Å². The fraction of sp³-hybridized carbons (Fsp3) is 0.355. The molecule has 37 heavy (non-hydrogen) atoms. The fourth-order valence-corrected chi connectivity index (χ4v) is 5.42. The average Bonchev–Trinajstić information content (AvgIpc) is 3.34. The van der Waals surface area contributed by atoms with E-state index in [1.165, 1.54) is 5.56 Å². The summed E-state index contributed by atoms with van der Waals surface area (Å²) in [6.45, 7) is 3.66. The molecule has 1 atom stereocenters. The van der Waals surface area contributed by atoms with E-state index >= 15 is 0 Å². The normalized spacial score (nSPS) is 15.1. The van der Waals surface area contributed by atoms with Crippen molar-refractivity contribution < 1.29 is 14.3 Å². The molecule has 1 saturated heterocycles. The summed E-state index contributed by atoms with van der Waals surface area (Å²) in [7, 11) is 3.30. The molecule has 6 heteroatoms. The van der Waals surface area contributed by atoms with Crippen LogP contribution in [0.2, 0.25) is 0 Å². The maximum Gasteiger partial charge on any atom is 0.223 e. The number of fused-ring (bicyclic) bond motifs is 1. The number of pyridine rings is 1. The number of hydrogen-bond donors (Lipinski definition) is 0. The first-order chi connectivity index (χ1) is 18.0. The van der Waals surface area contributed by atoms with Crippen LogP contribution in [0.25, 0.3) is 5.65 Å². The Balaban J connectivity index is 1.38. The van der Waals surface area contributed by atoms with E-state index in [2.05, 4.69) is 58.8 Å². The van der Waals surface area contributed by atoms with Crippen LogP contribution in [0, 0.1) is 12.8 Å². The molecular formula is C31H35N3O3. The lowest BCUT2D eigenvalue weighted by Gasteiger charge is -2.33. The molecule has 0 bridgehead atoms. The van der Waals surface area contributed by atoms with Gasteiger partial charge in [0.2, 0.25) is 5.91 Å². The Kier molecular flexibility index (Phi) is 7.45. The Morgan fingerprint density at radius 1 is 1.00 bits per heavy atom. The van der Waals surface area contributed by atoms with Gasteiger partial charge in [-0.3, -0.25) is 4.79 Å². The van der Waals surface area contributed by atoms with Crippen LogP contribution in [0.4, 0.5) is 0 Å². The Labute approximate surface area is 218 Å². The zero-order valence-corrected chi connectivity index (χ0v) is 21.9. The topological polar surface area (TPSA) is 56.1 Å². The Morgan fingerprint density at radius 3 is 2.38 bits per heavy atom. The van der Waals surface area contributed by atoms with E-state index in [4.69, 9.17) is 9.47 Å². The van der Waals surface area contributed by atoms with Gasteiger partial charge in [-0.2, -0.15) is 0 Å². The maximum atomic E-state index is 13.7. The molecule has 0 aliphatic carbocycles. The monoisotopic (exact) mass is 497 g/mol. The van der Waals surface area contributed by atoms with Gasteiger partial charge in [0.25, 0.3) is 0 Å². The first-order valence-electron chi connectivity index (χ1n) is 13.0. The molecule has 3 heterocycles. The first-order valence-corrected chi connectivity index (χ1v) is 13.0. The number of ether oxygens (including phenoxy) is 2. The fourth-order valence-electron chi connectivity index (χ4n) is 5.42. The number of carbonyl (C=O) groups is 1. The minimum absolute atomic E-state index is 0.173. The van der Waals surface area contributed by atoms with Gasteiger partial charge in [0.15, 0.2) is 0 Å². The smallest absolute Gasteiger partial charge is 0.223 e. The summed E-state index contributed by atoms with van der Waals surface area (Å²) in [4.78, 5) is 20.4. The molecule has 2 aromatic carbocycles. The predicted molar refractivity (Wildman–Crippen MR) is 145 cm³/mol. The Bertz CT molecular complexity index is 1330. The van der Waals surface area contributed by atoms with Crippen LogP contribution in [-0.2, 0) is 11.2 Å². The van der Waals surface area contributed by atoms with Crippen molar-refractivity contribution in [3.8, 4) is 11.5 Å². The summed E-state index contributed by atoms with van der Waals surface area (Å²) in [5, 5.41) is 0. The quantitative estimate of drug-likeness (QED) is 0.315. The third-order valence-electron chi connectivity index (χ3n) is 7.54. The SMILES string of the molecule is COc1cc(OC)cc(C(CC(=O)N2CCC(Cc3ccccc3)CC2)c2cnc3cc(C)ccn23)c1. The maximum absolute atomic E-state index is 13.7. The van der Waals surface area contributed by atoms with E-state index < -0.39 is 0 Å². The van der Waals surface area contributed by atoms with Gasteiger partial charge in [-0.15, -0.1) is 0 Å². The molecule has 2 aromatic heterocycles. The standard InChI is InChI=1S/C31H35N3O3/c1-22-9-14-34-29(21-32-30(34)15-22)28(25-17-26(36-2)19-27(18-25)37-3)20-31(35)33-12-10-24(11-13-33)16-23-7-5-4-6-8-23/h4-9,14-15,17-19,21,24,28H,10-13,16,20H2,1-3H3.